The molecule has 0 unspecified atom stereocenters. The highest BCUT2D eigenvalue weighted by Gasteiger charge is 2.36. The Morgan fingerprint density at radius 2 is 1.80 bits per heavy atom. The number of nitrogens with zero attached hydrogens (tertiary/aromatic N) is 1. The van der Waals surface area contributed by atoms with Gasteiger partial charge in [-0.1, -0.05) is 12.8 Å². The normalized spacial score (nSPS) is 22.7. The van der Waals surface area contributed by atoms with Gasteiger partial charge in [-0.2, -0.15) is 0 Å². The number of nitrogens with one attached hydrogen (secondary N) is 1. The minimum Gasteiger partial charge on any atom is -0.354 e. The zero-order valence-electron chi connectivity index (χ0n) is 12.4. The van der Waals surface area contributed by atoms with Gasteiger partial charge in [-0.3, -0.25) is 4.79 Å². The van der Waals surface area contributed by atoms with Crippen molar-refractivity contribution in [3.8, 4) is 0 Å². The monoisotopic (exact) mass is 325 g/mol. The summed E-state index contributed by atoms with van der Waals surface area (Å²) in [6.45, 7) is 3.19. The second-order valence-corrected chi connectivity index (χ2v) is 6.15. The van der Waals surface area contributed by atoms with Crippen molar-refractivity contribution in [2.45, 2.75) is 50.5 Å². The summed E-state index contributed by atoms with van der Waals surface area (Å²) in [6.07, 6.45) is 7.54. The molecule has 0 atom stereocenters. The van der Waals surface area contributed by atoms with E-state index in [0.717, 1.165) is 44.6 Å². The molecule has 2 fully saturated rings. The molecule has 0 bridgehead atoms. The third-order valence-electron chi connectivity index (χ3n) is 4.62. The van der Waals surface area contributed by atoms with E-state index in [-0.39, 0.29) is 30.7 Å². The minimum absolute atomic E-state index is 0. The number of hydrogen-bond acceptors (Lipinski definition) is 3. The number of carbonyl (C=O) groups is 1. The van der Waals surface area contributed by atoms with Gasteiger partial charge < -0.3 is 16.0 Å². The average molecular weight is 326 g/mol. The Labute approximate surface area is 135 Å². The van der Waals surface area contributed by atoms with Gasteiger partial charge in [0.2, 0.25) is 5.91 Å². The van der Waals surface area contributed by atoms with Crippen LogP contribution in [-0.2, 0) is 4.79 Å². The fourth-order valence-electron chi connectivity index (χ4n) is 3.15. The number of amides is 1. The molecule has 2 rings (SSSR count). The van der Waals surface area contributed by atoms with E-state index >= 15 is 0 Å². The summed E-state index contributed by atoms with van der Waals surface area (Å²) in [6, 6.07) is 0. The van der Waals surface area contributed by atoms with Crippen LogP contribution in [0.2, 0.25) is 0 Å². The zero-order valence-corrected chi connectivity index (χ0v) is 14.0. The van der Waals surface area contributed by atoms with Gasteiger partial charge in [0.15, 0.2) is 0 Å². The van der Waals surface area contributed by atoms with E-state index in [1.807, 2.05) is 0 Å². The van der Waals surface area contributed by atoms with Gasteiger partial charge in [0, 0.05) is 6.54 Å². The van der Waals surface area contributed by atoms with Crippen molar-refractivity contribution in [3.63, 3.8) is 0 Å². The highest BCUT2D eigenvalue weighted by Crippen LogP contribution is 2.27. The zero-order chi connectivity index (χ0) is 13.0. The topological polar surface area (TPSA) is 58.4 Å². The van der Waals surface area contributed by atoms with Gasteiger partial charge >= 0.3 is 0 Å². The lowest BCUT2D eigenvalue weighted by Gasteiger charge is -2.29. The van der Waals surface area contributed by atoms with Gasteiger partial charge in [-0.25, -0.2) is 0 Å². The Balaban J connectivity index is 0.00000180. The summed E-state index contributed by atoms with van der Waals surface area (Å²) in [7, 11) is 2.18. The van der Waals surface area contributed by atoms with Crippen LogP contribution in [0.4, 0.5) is 0 Å². The molecule has 6 heteroatoms. The van der Waals surface area contributed by atoms with Crippen molar-refractivity contribution in [1.29, 1.82) is 0 Å². The molecule has 0 aromatic heterocycles. The third kappa shape index (κ3) is 5.40. The fourth-order valence-corrected chi connectivity index (χ4v) is 3.15. The smallest absolute Gasteiger partial charge is 0.240 e. The van der Waals surface area contributed by atoms with Crippen LogP contribution in [0.15, 0.2) is 0 Å². The van der Waals surface area contributed by atoms with Crippen molar-refractivity contribution in [2.24, 2.45) is 11.7 Å². The SMILES string of the molecule is CN1CCC(CCNC(=O)C2(N)CCCC2)CC1.Cl.Cl. The molecule has 1 saturated heterocycles. The summed E-state index contributed by atoms with van der Waals surface area (Å²) in [5.41, 5.74) is 5.56. The maximum Gasteiger partial charge on any atom is 0.240 e. The van der Waals surface area contributed by atoms with Crippen LogP contribution in [0.3, 0.4) is 0 Å². The van der Waals surface area contributed by atoms with E-state index in [0.29, 0.717) is 0 Å². The van der Waals surface area contributed by atoms with Crippen molar-refractivity contribution in [1.82, 2.24) is 10.2 Å². The van der Waals surface area contributed by atoms with E-state index < -0.39 is 5.54 Å². The first-order valence-electron chi connectivity index (χ1n) is 7.36. The third-order valence-corrected chi connectivity index (χ3v) is 4.62. The summed E-state index contributed by atoms with van der Waals surface area (Å²) in [4.78, 5) is 14.4. The Bertz CT molecular complexity index is 288. The lowest BCUT2D eigenvalue weighted by molar-refractivity contribution is -0.126. The largest absolute Gasteiger partial charge is 0.354 e. The summed E-state index contributed by atoms with van der Waals surface area (Å²) < 4.78 is 0. The maximum absolute atomic E-state index is 12.0. The van der Waals surface area contributed by atoms with Gasteiger partial charge in [0.25, 0.3) is 0 Å². The van der Waals surface area contributed by atoms with Crippen LogP contribution in [0.25, 0.3) is 0 Å². The average Bonchev–Trinajstić information content (AvgIpc) is 2.80. The predicted octanol–water partition coefficient (Wildman–Crippen LogP) is 1.95. The second-order valence-electron chi connectivity index (χ2n) is 6.15. The molecule has 20 heavy (non-hydrogen) atoms. The number of piperidine rings is 1. The van der Waals surface area contributed by atoms with E-state index in [1.54, 1.807) is 0 Å². The van der Waals surface area contributed by atoms with Crippen molar-refractivity contribution >= 4 is 30.7 Å². The van der Waals surface area contributed by atoms with E-state index in [4.69, 9.17) is 5.73 Å². The van der Waals surface area contributed by atoms with Crippen LogP contribution in [0, 0.1) is 5.92 Å². The molecule has 1 aliphatic heterocycles. The lowest BCUT2D eigenvalue weighted by Crippen LogP contribution is -2.52. The van der Waals surface area contributed by atoms with E-state index in [1.165, 1.54) is 25.9 Å². The molecule has 120 valence electrons. The highest BCUT2D eigenvalue weighted by atomic mass is 35.5. The molecule has 0 aromatic carbocycles. The minimum atomic E-state index is -0.563. The molecule has 1 amide bonds. The number of halogens is 2. The molecule has 0 aromatic rings. The molecule has 1 heterocycles. The molecular formula is C14H29Cl2N3O. The Morgan fingerprint density at radius 3 is 2.35 bits per heavy atom. The van der Waals surface area contributed by atoms with Gasteiger partial charge in [0.1, 0.15) is 0 Å². The van der Waals surface area contributed by atoms with Crippen LogP contribution in [0.5, 0.6) is 0 Å². The first-order valence-corrected chi connectivity index (χ1v) is 7.36. The fraction of sp³-hybridized carbons (Fsp3) is 0.929. The Morgan fingerprint density at radius 1 is 1.25 bits per heavy atom. The number of nitrogens with two attached hydrogens (primary N) is 1. The number of rotatable bonds is 4. The first kappa shape index (κ1) is 20.0. The lowest BCUT2D eigenvalue weighted by atomic mass is 9.93. The molecule has 0 spiro atoms. The molecule has 0 radical (unpaired) electrons. The van der Waals surface area contributed by atoms with Crippen molar-refractivity contribution in [3.05, 3.63) is 0 Å². The van der Waals surface area contributed by atoms with E-state index in [2.05, 4.69) is 17.3 Å². The number of hydrogen-bond donors (Lipinski definition) is 2. The molecular weight excluding hydrogens is 297 g/mol. The summed E-state index contributed by atoms with van der Waals surface area (Å²) in [5, 5.41) is 3.05. The van der Waals surface area contributed by atoms with Gasteiger partial charge in [-0.15, -0.1) is 24.8 Å². The van der Waals surface area contributed by atoms with Crippen LogP contribution < -0.4 is 11.1 Å². The second kappa shape index (κ2) is 9.08. The molecule has 2 aliphatic rings. The van der Waals surface area contributed by atoms with Crippen LogP contribution in [-0.4, -0.2) is 43.0 Å². The van der Waals surface area contributed by atoms with Crippen molar-refractivity contribution in [2.75, 3.05) is 26.7 Å². The van der Waals surface area contributed by atoms with E-state index in [9.17, 15) is 4.79 Å². The number of carbonyl (C=O) groups excluding carboxylic acids is 1. The molecule has 1 saturated carbocycles. The first-order chi connectivity index (χ1) is 8.60. The maximum atomic E-state index is 12.0. The highest BCUT2D eigenvalue weighted by molar-refractivity contribution is 5.86. The Hall–Kier alpha value is -0.0300. The molecule has 4 nitrogen and oxygen atoms in total. The van der Waals surface area contributed by atoms with Crippen LogP contribution in [0.1, 0.15) is 44.9 Å². The predicted molar refractivity (Wildman–Crippen MR) is 87.7 cm³/mol. The number of likely N-dealkylation sites (tertiary alicyclic amines) is 1. The molecule has 3 N–H and O–H groups in total. The summed E-state index contributed by atoms with van der Waals surface area (Å²) in [5.74, 6) is 0.853. The Kier molecular flexibility index (Phi) is 9.07. The molecule has 1 aliphatic carbocycles. The standard InChI is InChI=1S/C14H27N3O.2ClH/c1-17-10-5-12(6-11-17)4-9-16-13(18)14(15)7-2-3-8-14;;/h12H,2-11,15H2,1H3,(H,16,18);2*1H. The van der Waals surface area contributed by atoms with Gasteiger partial charge in [0.05, 0.1) is 5.54 Å². The van der Waals surface area contributed by atoms with Gasteiger partial charge in [-0.05, 0) is 58.2 Å². The quantitative estimate of drug-likeness (QED) is 0.830. The van der Waals surface area contributed by atoms with Crippen LogP contribution >= 0.6 is 24.8 Å². The summed E-state index contributed by atoms with van der Waals surface area (Å²) >= 11 is 0. The van der Waals surface area contributed by atoms with Crippen molar-refractivity contribution < 1.29 is 4.79 Å².